The number of primary amides is 1. The molecule has 0 fully saturated rings. The Bertz CT molecular complexity index is 906. The van der Waals surface area contributed by atoms with Gasteiger partial charge in [-0.15, -0.1) is 0 Å². The molecule has 3 aromatic rings. The Morgan fingerprint density at radius 3 is 2.76 bits per heavy atom. The molecule has 0 saturated heterocycles. The third-order valence-electron chi connectivity index (χ3n) is 3.31. The Balaban J connectivity index is 2.26. The zero-order chi connectivity index (χ0) is 15.0. The molecule has 3 N–H and O–H groups in total. The van der Waals surface area contributed by atoms with Crippen LogP contribution in [0.15, 0.2) is 46.9 Å². The number of nitrogens with zero attached hydrogens (tertiary/aromatic N) is 1. The smallest absolute Gasteiger partial charge is 0.250 e. The quantitative estimate of drug-likeness (QED) is 0.748. The standard InChI is InChI=1S/C16H10BrN3O/c17-13-5-4-11(16(19)21)15-12(13)7-14(20-15)10-3-1-2-9(6-10)8-18/h1-7,20H,(H2,19,21). The van der Waals surface area contributed by atoms with Gasteiger partial charge in [0, 0.05) is 15.6 Å². The van der Waals surface area contributed by atoms with E-state index in [9.17, 15) is 4.79 Å². The summed E-state index contributed by atoms with van der Waals surface area (Å²) in [7, 11) is 0. The topological polar surface area (TPSA) is 82.7 Å². The van der Waals surface area contributed by atoms with Crippen LogP contribution in [-0.4, -0.2) is 10.9 Å². The molecular weight excluding hydrogens is 330 g/mol. The van der Waals surface area contributed by atoms with E-state index in [0.717, 1.165) is 21.1 Å². The normalized spacial score (nSPS) is 10.5. The van der Waals surface area contributed by atoms with Crippen molar-refractivity contribution < 1.29 is 4.79 Å². The molecule has 0 spiro atoms. The van der Waals surface area contributed by atoms with Crippen LogP contribution < -0.4 is 5.73 Å². The summed E-state index contributed by atoms with van der Waals surface area (Å²) in [5.41, 5.74) is 8.83. The average Bonchev–Trinajstić information content (AvgIpc) is 2.93. The number of benzene rings is 2. The molecule has 0 saturated carbocycles. The van der Waals surface area contributed by atoms with Crippen molar-refractivity contribution in [1.29, 1.82) is 5.26 Å². The van der Waals surface area contributed by atoms with Gasteiger partial charge in [0.25, 0.3) is 5.91 Å². The highest BCUT2D eigenvalue weighted by molar-refractivity contribution is 9.10. The van der Waals surface area contributed by atoms with Crippen LogP contribution in [-0.2, 0) is 0 Å². The van der Waals surface area contributed by atoms with Crippen molar-refractivity contribution in [2.24, 2.45) is 5.73 Å². The van der Waals surface area contributed by atoms with Gasteiger partial charge in [-0.05, 0) is 35.9 Å². The maximum atomic E-state index is 11.5. The number of rotatable bonds is 2. The van der Waals surface area contributed by atoms with Crippen molar-refractivity contribution in [1.82, 2.24) is 4.98 Å². The predicted molar refractivity (Wildman–Crippen MR) is 84.7 cm³/mol. The zero-order valence-corrected chi connectivity index (χ0v) is 12.4. The van der Waals surface area contributed by atoms with Crippen molar-refractivity contribution in [2.45, 2.75) is 0 Å². The molecule has 5 heteroatoms. The molecule has 1 amide bonds. The van der Waals surface area contributed by atoms with Crippen LogP contribution >= 0.6 is 15.9 Å². The maximum Gasteiger partial charge on any atom is 0.250 e. The highest BCUT2D eigenvalue weighted by atomic mass is 79.9. The molecule has 0 unspecified atom stereocenters. The van der Waals surface area contributed by atoms with Crippen molar-refractivity contribution in [3.8, 4) is 17.3 Å². The minimum Gasteiger partial charge on any atom is -0.366 e. The molecule has 2 aromatic carbocycles. The number of carbonyl (C=O) groups excluding carboxylic acids is 1. The summed E-state index contributed by atoms with van der Waals surface area (Å²) in [6.07, 6.45) is 0. The number of amides is 1. The Kier molecular flexibility index (Phi) is 3.24. The highest BCUT2D eigenvalue weighted by Crippen LogP contribution is 2.31. The molecule has 1 heterocycles. The molecule has 0 aliphatic rings. The van der Waals surface area contributed by atoms with Gasteiger partial charge in [0.1, 0.15) is 0 Å². The van der Waals surface area contributed by atoms with E-state index in [1.54, 1.807) is 24.3 Å². The van der Waals surface area contributed by atoms with Gasteiger partial charge >= 0.3 is 0 Å². The molecule has 0 bridgehead atoms. The zero-order valence-electron chi connectivity index (χ0n) is 10.9. The number of halogens is 1. The van der Waals surface area contributed by atoms with Crippen LogP contribution in [0.25, 0.3) is 22.2 Å². The monoisotopic (exact) mass is 339 g/mol. The van der Waals surface area contributed by atoms with Crippen LogP contribution in [0.3, 0.4) is 0 Å². The van der Waals surface area contributed by atoms with Gasteiger partial charge in [0.15, 0.2) is 0 Å². The van der Waals surface area contributed by atoms with E-state index in [2.05, 4.69) is 27.0 Å². The third kappa shape index (κ3) is 2.30. The first-order valence-corrected chi connectivity index (χ1v) is 7.01. The van der Waals surface area contributed by atoms with Gasteiger partial charge in [0.05, 0.1) is 22.7 Å². The number of H-pyrrole nitrogens is 1. The molecule has 4 nitrogen and oxygen atoms in total. The van der Waals surface area contributed by atoms with Crippen molar-refractivity contribution >= 4 is 32.7 Å². The minimum atomic E-state index is -0.480. The van der Waals surface area contributed by atoms with Crippen LogP contribution in [0.2, 0.25) is 0 Å². The molecule has 0 atom stereocenters. The van der Waals surface area contributed by atoms with Crippen molar-refractivity contribution in [3.63, 3.8) is 0 Å². The Labute approximate surface area is 129 Å². The third-order valence-corrected chi connectivity index (χ3v) is 4.00. The summed E-state index contributed by atoms with van der Waals surface area (Å²) in [6, 6.07) is 14.8. The van der Waals surface area contributed by atoms with Gasteiger partial charge in [-0.3, -0.25) is 4.79 Å². The number of hydrogen-bond donors (Lipinski definition) is 2. The number of nitrogens with two attached hydrogens (primary N) is 1. The highest BCUT2D eigenvalue weighted by Gasteiger charge is 2.13. The lowest BCUT2D eigenvalue weighted by Crippen LogP contribution is -2.11. The van der Waals surface area contributed by atoms with Gasteiger partial charge < -0.3 is 10.7 Å². The van der Waals surface area contributed by atoms with Crippen LogP contribution in [0.5, 0.6) is 0 Å². The minimum absolute atomic E-state index is 0.441. The molecular formula is C16H10BrN3O. The van der Waals surface area contributed by atoms with Crippen LogP contribution in [0.4, 0.5) is 0 Å². The fraction of sp³-hybridized carbons (Fsp3) is 0. The predicted octanol–water partition coefficient (Wildman–Crippen LogP) is 3.57. The molecule has 1 aromatic heterocycles. The van der Waals surface area contributed by atoms with Gasteiger partial charge in [0.2, 0.25) is 0 Å². The van der Waals surface area contributed by atoms with Crippen molar-refractivity contribution in [2.75, 3.05) is 0 Å². The Morgan fingerprint density at radius 1 is 1.24 bits per heavy atom. The summed E-state index contributed by atoms with van der Waals surface area (Å²) in [5.74, 6) is -0.480. The lowest BCUT2D eigenvalue weighted by molar-refractivity contribution is 0.100. The first-order valence-electron chi connectivity index (χ1n) is 6.21. The Morgan fingerprint density at radius 2 is 2.05 bits per heavy atom. The number of aromatic amines is 1. The lowest BCUT2D eigenvalue weighted by Gasteiger charge is -2.00. The van der Waals surface area contributed by atoms with E-state index in [4.69, 9.17) is 11.0 Å². The first kappa shape index (κ1) is 13.4. The van der Waals surface area contributed by atoms with E-state index in [1.807, 2.05) is 18.2 Å². The van der Waals surface area contributed by atoms with E-state index in [0.29, 0.717) is 16.6 Å². The number of hydrogen-bond acceptors (Lipinski definition) is 2. The van der Waals surface area contributed by atoms with Crippen LogP contribution in [0, 0.1) is 11.3 Å². The first-order chi connectivity index (χ1) is 10.1. The second-order valence-corrected chi connectivity index (χ2v) is 5.48. The number of aromatic nitrogens is 1. The van der Waals surface area contributed by atoms with Gasteiger partial charge in [-0.2, -0.15) is 5.26 Å². The average molecular weight is 340 g/mol. The second-order valence-electron chi connectivity index (χ2n) is 4.62. The summed E-state index contributed by atoms with van der Waals surface area (Å²) in [6.45, 7) is 0. The van der Waals surface area contributed by atoms with E-state index < -0.39 is 5.91 Å². The summed E-state index contributed by atoms with van der Waals surface area (Å²) in [5, 5.41) is 9.86. The maximum absolute atomic E-state index is 11.5. The summed E-state index contributed by atoms with van der Waals surface area (Å²) < 4.78 is 0.876. The fourth-order valence-corrected chi connectivity index (χ4v) is 2.75. The largest absolute Gasteiger partial charge is 0.366 e. The molecule has 0 aliphatic carbocycles. The summed E-state index contributed by atoms with van der Waals surface area (Å²) >= 11 is 3.47. The van der Waals surface area contributed by atoms with Crippen molar-refractivity contribution in [3.05, 3.63) is 58.1 Å². The second kappa shape index (κ2) is 5.08. The molecule has 21 heavy (non-hydrogen) atoms. The SMILES string of the molecule is N#Cc1cccc(-c2cc3c(Br)ccc(C(N)=O)c3[nH]2)c1. The molecule has 0 aliphatic heterocycles. The number of fused-ring (bicyclic) bond motifs is 1. The summed E-state index contributed by atoms with van der Waals surface area (Å²) in [4.78, 5) is 14.7. The lowest BCUT2D eigenvalue weighted by atomic mass is 10.1. The number of nitriles is 1. The van der Waals surface area contributed by atoms with Gasteiger partial charge in [-0.1, -0.05) is 28.1 Å². The van der Waals surface area contributed by atoms with Gasteiger partial charge in [-0.25, -0.2) is 0 Å². The fourth-order valence-electron chi connectivity index (χ4n) is 2.30. The Hall–Kier alpha value is -2.58. The van der Waals surface area contributed by atoms with Crippen LogP contribution in [0.1, 0.15) is 15.9 Å². The van der Waals surface area contributed by atoms with E-state index >= 15 is 0 Å². The van der Waals surface area contributed by atoms with E-state index in [-0.39, 0.29) is 0 Å². The molecule has 0 radical (unpaired) electrons. The molecule has 102 valence electrons. The number of nitrogens with one attached hydrogen (secondary N) is 1. The van der Waals surface area contributed by atoms with E-state index in [1.165, 1.54) is 0 Å². The number of carbonyl (C=O) groups is 1. The molecule has 3 rings (SSSR count).